The lowest BCUT2D eigenvalue weighted by Crippen LogP contribution is -2.35. The number of phenolic OH excluding ortho intramolecular Hbond substituents is 2. The van der Waals surface area contributed by atoms with Gasteiger partial charge < -0.3 is 19.7 Å². The molecule has 2 aliphatic rings. The van der Waals surface area contributed by atoms with E-state index in [1.54, 1.807) is 19.1 Å². The van der Waals surface area contributed by atoms with Gasteiger partial charge in [0.25, 0.3) is 0 Å². The Morgan fingerprint density at radius 3 is 2.46 bits per heavy atom. The van der Waals surface area contributed by atoms with Gasteiger partial charge in [0.05, 0.1) is 0 Å². The molecule has 1 fully saturated rings. The first kappa shape index (κ1) is 26.9. The van der Waals surface area contributed by atoms with Crippen LogP contribution in [-0.2, 0) is 6.18 Å². The number of halogens is 3. The molecule has 0 saturated carbocycles. The van der Waals surface area contributed by atoms with Crippen molar-refractivity contribution in [2.45, 2.75) is 45.5 Å². The summed E-state index contributed by atoms with van der Waals surface area (Å²) < 4.78 is 54.3. The van der Waals surface area contributed by atoms with E-state index in [-0.39, 0.29) is 23.1 Å². The molecule has 0 aliphatic carbocycles. The largest absolute Gasteiger partial charge is 0.508 e. The van der Waals surface area contributed by atoms with Gasteiger partial charge in [-0.25, -0.2) is 0 Å². The Morgan fingerprint density at radius 2 is 1.82 bits per heavy atom. The predicted molar refractivity (Wildman–Crippen MR) is 144 cm³/mol. The van der Waals surface area contributed by atoms with E-state index in [9.17, 15) is 23.4 Å². The number of nitrogens with zero attached hydrogens (tertiary/aromatic N) is 1. The van der Waals surface area contributed by atoms with E-state index in [4.69, 9.17) is 9.47 Å². The highest BCUT2D eigenvalue weighted by Crippen LogP contribution is 2.52. The molecule has 5 rings (SSSR count). The van der Waals surface area contributed by atoms with Crippen molar-refractivity contribution in [2.75, 3.05) is 19.7 Å². The summed E-state index contributed by atoms with van der Waals surface area (Å²) in [5.41, 5.74) is 0.674. The molecule has 2 heterocycles. The maximum Gasteiger partial charge on any atom is 0.420 e. The van der Waals surface area contributed by atoms with Crippen LogP contribution in [0.2, 0.25) is 0 Å². The third kappa shape index (κ3) is 5.43. The third-order valence-corrected chi connectivity index (χ3v) is 7.62. The van der Waals surface area contributed by atoms with Crippen LogP contribution in [0.4, 0.5) is 13.2 Å². The molecule has 2 aliphatic heterocycles. The van der Waals surface area contributed by atoms with Crippen LogP contribution >= 0.6 is 0 Å². The highest BCUT2D eigenvalue weighted by molar-refractivity contribution is 5.97. The van der Waals surface area contributed by atoms with E-state index in [2.05, 4.69) is 18.7 Å². The van der Waals surface area contributed by atoms with Crippen LogP contribution in [0.3, 0.4) is 0 Å². The van der Waals surface area contributed by atoms with Crippen LogP contribution in [0.5, 0.6) is 23.0 Å². The van der Waals surface area contributed by atoms with Crippen molar-refractivity contribution in [3.05, 3.63) is 82.9 Å². The zero-order valence-corrected chi connectivity index (χ0v) is 22.1. The van der Waals surface area contributed by atoms with Crippen molar-refractivity contribution < 1.29 is 32.9 Å². The quantitative estimate of drug-likeness (QED) is 0.345. The molecule has 5 nitrogen and oxygen atoms in total. The van der Waals surface area contributed by atoms with E-state index in [0.29, 0.717) is 40.5 Å². The lowest BCUT2D eigenvalue weighted by molar-refractivity contribution is -0.139. The Morgan fingerprint density at radius 1 is 1.08 bits per heavy atom. The fraction of sp³-hybridized carbons (Fsp3) is 0.355. The van der Waals surface area contributed by atoms with Gasteiger partial charge in [-0.15, -0.1) is 0 Å². The summed E-state index contributed by atoms with van der Waals surface area (Å²) in [6, 6.07) is 16.3. The van der Waals surface area contributed by atoms with Gasteiger partial charge in [-0.2, -0.15) is 13.2 Å². The zero-order valence-electron chi connectivity index (χ0n) is 22.1. The van der Waals surface area contributed by atoms with Crippen molar-refractivity contribution in [1.29, 1.82) is 0 Å². The molecule has 206 valence electrons. The lowest BCUT2D eigenvalue weighted by Gasteiger charge is -2.33. The SMILES string of the molecule is CC1=C(c2cccc(O)c2)C(c2ccc(OC[C@H](C)N3CC[C@@H](C)C3)cc2)Oc2ccc(O)c(C(F)(F)F)c21. The smallest absolute Gasteiger partial charge is 0.420 e. The minimum atomic E-state index is -4.79. The highest BCUT2D eigenvalue weighted by atomic mass is 19.4. The van der Waals surface area contributed by atoms with E-state index in [1.807, 2.05) is 24.3 Å². The van der Waals surface area contributed by atoms with E-state index in [1.165, 1.54) is 24.6 Å². The van der Waals surface area contributed by atoms with Gasteiger partial charge in [0.2, 0.25) is 0 Å². The lowest BCUT2D eigenvalue weighted by atomic mass is 9.84. The normalized spacial score (nSPS) is 20.5. The summed E-state index contributed by atoms with van der Waals surface area (Å²) >= 11 is 0. The minimum absolute atomic E-state index is 0.0189. The monoisotopic (exact) mass is 539 g/mol. The van der Waals surface area contributed by atoms with Crippen molar-refractivity contribution in [1.82, 2.24) is 4.90 Å². The van der Waals surface area contributed by atoms with E-state index in [0.717, 1.165) is 19.2 Å². The van der Waals surface area contributed by atoms with Gasteiger partial charge in [0.15, 0.2) is 0 Å². The molecule has 2 N–H and O–H groups in total. The average molecular weight is 540 g/mol. The fourth-order valence-electron chi connectivity index (χ4n) is 5.55. The Kier molecular flexibility index (Phi) is 7.25. The Hall–Kier alpha value is -3.65. The molecule has 1 unspecified atom stereocenters. The van der Waals surface area contributed by atoms with Crippen molar-refractivity contribution in [2.24, 2.45) is 5.92 Å². The van der Waals surface area contributed by atoms with Crippen LogP contribution in [-0.4, -0.2) is 40.9 Å². The zero-order chi connectivity index (χ0) is 27.9. The number of hydrogen-bond donors (Lipinski definition) is 2. The standard InChI is InChI=1S/C31H32F3NO4/c1-18-13-14-35(16-18)19(2)17-38-24-9-7-21(8-10-24)30-27(22-5-4-6-23(36)15-22)20(3)28-26(39-30)12-11-25(37)29(28)31(32,33)34/h4-12,15,18-19,30,36-37H,13-14,16-17H2,1-3H3/t18-,19+,30?/m1/s1. The molecule has 3 aromatic rings. The van der Waals surface area contributed by atoms with Gasteiger partial charge in [-0.3, -0.25) is 4.90 Å². The van der Waals surface area contributed by atoms with Crippen molar-refractivity contribution in [3.63, 3.8) is 0 Å². The summed E-state index contributed by atoms with van der Waals surface area (Å²) in [6.45, 7) is 8.69. The molecule has 0 amide bonds. The minimum Gasteiger partial charge on any atom is -0.508 e. The fourth-order valence-corrected chi connectivity index (χ4v) is 5.55. The molecule has 0 spiro atoms. The molecular formula is C31H32F3NO4. The van der Waals surface area contributed by atoms with Crippen LogP contribution in [0.15, 0.2) is 60.7 Å². The van der Waals surface area contributed by atoms with Gasteiger partial charge in [0, 0.05) is 23.7 Å². The topological polar surface area (TPSA) is 62.2 Å². The Labute approximate surface area is 226 Å². The van der Waals surface area contributed by atoms with Crippen molar-refractivity contribution in [3.8, 4) is 23.0 Å². The molecular weight excluding hydrogens is 507 g/mol. The summed E-state index contributed by atoms with van der Waals surface area (Å²) in [7, 11) is 0. The van der Waals surface area contributed by atoms with Crippen LogP contribution < -0.4 is 9.47 Å². The highest BCUT2D eigenvalue weighted by Gasteiger charge is 2.41. The number of benzene rings is 3. The van der Waals surface area contributed by atoms with Gasteiger partial charge >= 0.3 is 6.18 Å². The number of likely N-dealkylation sites (tertiary alicyclic amines) is 1. The second-order valence-corrected chi connectivity index (χ2v) is 10.5. The predicted octanol–water partition coefficient (Wildman–Crippen LogP) is 7.29. The van der Waals surface area contributed by atoms with Crippen molar-refractivity contribution >= 4 is 11.1 Å². The summed E-state index contributed by atoms with van der Waals surface area (Å²) in [5.74, 6) is 0.533. The molecule has 0 bridgehead atoms. The summed E-state index contributed by atoms with van der Waals surface area (Å²) in [5, 5.41) is 20.3. The summed E-state index contributed by atoms with van der Waals surface area (Å²) in [6.07, 6.45) is -4.34. The number of ether oxygens (including phenoxy) is 2. The van der Waals surface area contributed by atoms with Gasteiger partial charge in [-0.05, 0) is 85.8 Å². The molecule has 3 atom stereocenters. The van der Waals surface area contributed by atoms with E-state index < -0.39 is 23.6 Å². The van der Waals surface area contributed by atoms with Crippen LogP contribution in [0.25, 0.3) is 11.1 Å². The number of alkyl halides is 3. The molecule has 1 saturated heterocycles. The van der Waals surface area contributed by atoms with E-state index >= 15 is 0 Å². The van der Waals surface area contributed by atoms with Gasteiger partial charge in [-0.1, -0.05) is 31.2 Å². The third-order valence-electron chi connectivity index (χ3n) is 7.62. The molecule has 0 radical (unpaired) electrons. The summed E-state index contributed by atoms with van der Waals surface area (Å²) in [4.78, 5) is 2.43. The molecule has 0 aromatic heterocycles. The number of fused-ring (bicyclic) bond motifs is 1. The first-order valence-corrected chi connectivity index (χ1v) is 13.1. The Bertz CT molecular complexity index is 1380. The molecule has 3 aromatic carbocycles. The second-order valence-electron chi connectivity index (χ2n) is 10.5. The Balaban J connectivity index is 1.49. The van der Waals surface area contributed by atoms with Crippen LogP contribution in [0.1, 0.15) is 55.5 Å². The molecule has 8 heteroatoms. The maximum absolute atomic E-state index is 14.0. The number of hydrogen-bond acceptors (Lipinski definition) is 5. The number of phenols is 2. The molecule has 39 heavy (non-hydrogen) atoms. The number of rotatable bonds is 6. The number of aromatic hydroxyl groups is 2. The number of allylic oxidation sites excluding steroid dienone is 1. The first-order valence-electron chi connectivity index (χ1n) is 13.1. The second kappa shape index (κ2) is 10.5. The first-order chi connectivity index (χ1) is 18.5. The van der Waals surface area contributed by atoms with Crippen LogP contribution in [0, 0.1) is 5.92 Å². The average Bonchev–Trinajstić information content (AvgIpc) is 3.33. The van der Waals surface area contributed by atoms with Gasteiger partial charge in [0.1, 0.15) is 41.3 Å². The maximum atomic E-state index is 14.0.